The van der Waals surface area contributed by atoms with E-state index in [0.29, 0.717) is 24.1 Å². The number of esters is 1. The molecule has 0 heterocycles. The number of carbonyl (C=O) groups excluding carboxylic acids is 1. The first kappa shape index (κ1) is 62.9. The van der Waals surface area contributed by atoms with Gasteiger partial charge in [-0.05, 0) is 89.9 Å². The quantitative estimate of drug-likeness (QED) is 0.0214. The van der Waals surface area contributed by atoms with Crippen LogP contribution in [0.5, 0.6) is 0 Å². The van der Waals surface area contributed by atoms with Crippen LogP contribution in [0.2, 0.25) is 0 Å². The molecule has 0 bridgehead atoms. The number of phosphoric ester groups is 1. The zero-order chi connectivity index (χ0) is 47.6. The largest absolute Gasteiger partial charge is 0.472 e. The summed E-state index contributed by atoms with van der Waals surface area (Å²) in [5.74, 6) is -0.329. The first-order valence-corrected chi connectivity index (χ1v) is 28.2. The molecule has 65 heavy (non-hydrogen) atoms. The van der Waals surface area contributed by atoms with Crippen molar-refractivity contribution < 1.29 is 37.3 Å². The predicted octanol–water partition coefficient (Wildman–Crippen LogP) is 16.6. The number of hydrogen-bond acceptors (Lipinski definition) is 6. The molecule has 0 saturated carbocycles. The van der Waals surface area contributed by atoms with Crippen LogP contribution >= 0.6 is 7.82 Å². The molecule has 0 aromatic carbocycles. The summed E-state index contributed by atoms with van der Waals surface area (Å²) < 4.78 is 35.2. The third kappa shape index (κ3) is 52.8. The lowest BCUT2D eigenvalue weighted by atomic mass is 10.1. The van der Waals surface area contributed by atoms with Gasteiger partial charge < -0.3 is 18.9 Å². The summed E-state index contributed by atoms with van der Waals surface area (Å²) >= 11 is 0. The maximum Gasteiger partial charge on any atom is 0.472 e. The summed E-state index contributed by atoms with van der Waals surface area (Å²) in [7, 11) is 1.65. The highest BCUT2D eigenvalue weighted by Gasteiger charge is 2.26. The number of rotatable bonds is 49. The van der Waals surface area contributed by atoms with Crippen LogP contribution in [-0.4, -0.2) is 75.6 Å². The van der Waals surface area contributed by atoms with Crippen LogP contribution in [0.25, 0.3) is 0 Å². The van der Waals surface area contributed by atoms with E-state index in [1.54, 1.807) is 0 Å². The Labute approximate surface area is 402 Å². The molecule has 0 aliphatic carbocycles. The molecule has 378 valence electrons. The van der Waals surface area contributed by atoms with Crippen LogP contribution in [0.3, 0.4) is 0 Å². The second-order valence-corrected chi connectivity index (χ2v) is 20.4. The Bertz CT molecular complexity index is 1270. The fourth-order valence-electron chi connectivity index (χ4n) is 7.10. The first-order chi connectivity index (χ1) is 31.6. The molecule has 2 unspecified atom stereocenters. The molecule has 0 aliphatic rings. The molecule has 0 radical (unpaired) electrons. The van der Waals surface area contributed by atoms with E-state index < -0.39 is 13.9 Å². The van der Waals surface area contributed by atoms with Crippen molar-refractivity contribution in [1.82, 2.24) is 0 Å². The van der Waals surface area contributed by atoms with Crippen LogP contribution in [0.4, 0.5) is 0 Å². The molecule has 0 rings (SSSR count). The number of quaternary nitrogens is 1. The van der Waals surface area contributed by atoms with Gasteiger partial charge in [0, 0.05) is 13.0 Å². The second kappa shape index (κ2) is 48.4. The van der Waals surface area contributed by atoms with Gasteiger partial charge in [-0.1, -0.05) is 196 Å². The number of hydrogen-bond donors (Lipinski definition) is 1. The van der Waals surface area contributed by atoms with Crippen molar-refractivity contribution >= 4 is 13.8 Å². The van der Waals surface area contributed by atoms with E-state index in [0.717, 1.165) is 70.6 Å². The molecule has 0 amide bonds. The summed E-state index contributed by atoms with van der Waals surface area (Å²) in [5.41, 5.74) is 0. The van der Waals surface area contributed by atoms with Gasteiger partial charge in [0.25, 0.3) is 0 Å². The van der Waals surface area contributed by atoms with E-state index in [1.807, 2.05) is 21.1 Å². The zero-order valence-corrected chi connectivity index (χ0v) is 43.9. The third-order valence-corrected chi connectivity index (χ3v) is 12.2. The van der Waals surface area contributed by atoms with E-state index in [2.05, 4.69) is 86.8 Å². The van der Waals surface area contributed by atoms with Gasteiger partial charge in [0.05, 0.1) is 34.4 Å². The van der Waals surface area contributed by atoms with Crippen LogP contribution in [0, 0.1) is 0 Å². The van der Waals surface area contributed by atoms with Gasteiger partial charge in [0.15, 0.2) is 0 Å². The Hall–Kier alpha value is -2.06. The molecular formula is C56H103NO7P+. The molecule has 1 N–H and O–H groups in total. The normalized spacial score (nSPS) is 14.1. The van der Waals surface area contributed by atoms with Crippen molar-refractivity contribution in [2.45, 2.75) is 225 Å². The molecule has 2 atom stereocenters. The van der Waals surface area contributed by atoms with Crippen LogP contribution < -0.4 is 0 Å². The van der Waals surface area contributed by atoms with Gasteiger partial charge in [-0.25, -0.2) is 4.57 Å². The van der Waals surface area contributed by atoms with Gasteiger partial charge in [-0.2, -0.15) is 0 Å². The smallest absolute Gasteiger partial charge is 0.457 e. The Balaban J connectivity index is 4.17. The standard InChI is InChI=1S/C56H102NO7P/c1-6-8-10-12-14-16-18-20-22-24-26-27-28-29-30-32-34-36-38-40-42-44-46-48-51-61-53-55(54-63-65(59,60)62-52-50-57(3,4)5)64-56(58)49-47-45-43-41-39-37-35-33-31-25-23-21-19-17-15-13-11-9-7-2/h15,17-18,20-21,23-24,26,28-29,31,33,55H,6-14,16,19,22,25,27,30,32,34-54H2,1-5H3/p+1/b17-15-,20-18-,23-21-,26-24-,29-28-,33-31-. The van der Waals surface area contributed by atoms with Crippen molar-refractivity contribution in [2.24, 2.45) is 0 Å². The molecular weight excluding hydrogens is 830 g/mol. The Morgan fingerprint density at radius 3 is 1.29 bits per heavy atom. The highest BCUT2D eigenvalue weighted by atomic mass is 31.2. The van der Waals surface area contributed by atoms with Crippen LogP contribution in [0.1, 0.15) is 219 Å². The monoisotopic (exact) mass is 933 g/mol. The average Bonchev–Trinajstić information content (AvgIpc) is 3.27. The van der Waals surface area contributed by atoms with Crippen molar-refractivity contribution in [3.05, 3.63) is 72.9 Å². The fourth-order valence-corrected chi connectivity index (χ4v) is 7.84. The van der Waals surface area contributed by atoms with Crippen molar-refractivity contribution in [1.29, 1.82) is 0 Å². The minimum atomic E-state index is -4.29. The lowest BCUT2D eigenvalue weighted by Gasteiger charge is -2.24. The molecule has 8 nitrogen and oxygen atoms in total. The minimum Gasteiger partial charge on any atom is -0.457 e. The Morgan fingerprint density at radius 2 is 0.846 bits per heavy atom. The van der Waals surface area contributed by atoms with E-state index in [9.17, 15) is 14.3 Å². The maximum atomic E-state index is 12.8. The molecule has 0 spiro atoms. The topological polar surface area (TPSA) is 91.3 Å². The number of unbranched alkanes of at least 4 members (excludes halogenated alkanes) is 23. The molecule has 0 aliphatic heterocycles. The SMILES string of the molecule is CCCCC/C=C\C/C=C\C/C=C\CCCCCCCCC(=O)OC(COCCCCCCCCCCC/C=C\C/C=C\C/C=C\CCCCCCC)COP(=O)(O)OCC[N+](C)(C)C. The van der Waals surface area contributed by atoms with Crippen LogP contribution in [-0.2, 0) is 27.9 Å². The predicted molar refractivity (Wildman–Crippen MR) is 279 cm³/mol. The average molecular weight is 933 g/mol. The van der Waals surface area contributed by atoms with Gasteiger partial charge in [-0.15, -0.1) is 0 Å². The summed E-state index contributed by atoms with van der Waals surface area (Å²) in [6.45, 7) is 5.56. The van der Waals surface area contributed by atoms with Crippen molar-refractivity contribution in [3.63, 3.8) is 0 Å². The highest BCUT2D eigenvalue weighted by molar-refractivity contribution is 7.47. The lowest BCUT2D eigenvalue weighted by molar-refractivity contribution is -0.870. The second-order valence-electron chi connectivity index (χ2n) is 18.9. The summed E-state index contributed by atoms with van der Waals surface area (Å²) in [5, 5.41) is 0. The number of phosphoric acid groups is 1. The van der Waals surface area contributed by atoms with E-state index in [-0.39, 0.29) is 25.8 Å². The Morgan fingerprint density at radius 1 is 0.477 bits per heavy atom. The first-order valence-electron chi connectivity index (χ1n) is 26.7. The number of nitrogens with zero attached hydrogens (tertiary/aromatic N) is 1. The number of ether oxygens (including phenoxy) is 2. The van der Waals surface area contributed by atoms with Crippen molar-refractivity contribution in [3.8, 4) is 0 Å². The molecule has 0 saturated heterocycles. The molecule has 0 aromatic heterocycles. The highest BCUT2D eigenvalue weighted by Crippen LogP contribution is 2.43. The van der Waals surface area contributed by atoms with Gasteiger partial charge in [0.1, 0.15) is 19.3 Å². The van der Waals surface area contributed by atoms with Crippen molar-refractivity contribution in [2.75, 3.05) is 54.1 Å². The number of likely N-dealkylation sites (N-methyl/N-ethyl adjacent to an activating group) is 1. The van der Waals surface area contributed by atoms with Gasteiger partial charge in [0.2, 0.25) is 0 Å². The number of allylic oxidation sites excluding steroid dienone is 12. The van der Waals surface area contributed by atoms with E-state index in [4.69, 9.17) is 18.5 Å². The Kier molecular flexibility index (Phi) is 46.9. The third-order valence-electron chi connectivity index (χ3n) is 11.2. The fraction of sp³-hybridized carbons (Fsp3) is 0.768. The minimum absolute atomic E-state index is 0.0813. The van der Waals surface area contributed by atoms with Gasteiger partial charge >= 0.3 is 13.8 Å². The lowest BCUT2D eigenvalue weighted by Crippen LogP contribution is -2.37. The van der Waals surface area contributed by atoms with E-state index >= 15 is 0 Å². The maximum absolute atomic E-state index is 12.8. The number of carbonyl (C=O) groups is 1. The summed E-state index contributed by atoms with van der Waals surface area (Å²) in [6.07, 6.45) is 63.7. The van der Waals surface area contributed by atoms with E-state index in [1.165, 1.54) is 128 Å². The summed E-state index contributed by atoms with van der Waals surface area (Å²) in [4.78, 5) is 23.0. The molecule has 0 fully saturated rings. The zero-order valence-electron chi connectivity index (χ0n) is 43.0. The molecule has 9 heteroatoms. The van der Waals surface area contributed by atoms with Crippen LogP contribution in [0.15, 0.2) is 72.9 Å². The van der Waals surface area contributed by atoms with Gasteiger partial charge in [-0.3, -0.25) is 13.8 Å². The molecule has 0 aromatic rings. The summed E-state index contributed by atoms with van der Waals surface area (Å²) in [6, 6.07) is 0.